The maximum absolute atomic E-state index is 12.9. The number of benzene rings is 1. The van der Waals surface area contributed by atoms with E-state index in [1.165, 1.54) is 0 Å². The molecular formula is C24H29N5O3. The minimum atomic E-state index is -0.953. The Kier molecular flexibility index (Phi) is 5.73. The third-order valence-electron chi connectivity index (χ3n) is 6.06. The van der Waals surface area contributed by atoms with Crippen LogP contribution in [0.15, 0.2) is 36.4 Å². The number of aliphatic hydroxyl groups is 1. The summed E-state index contributed by atoms with van der Waals surface area (Å²) >= 11 is 0. The molecule has 0 saturated carbocycles. The second-order valence-corrected chi connectivity index (χ2v) is 9.06. The van der Waals surface area contributed by atoms with Crippen molar-refractivity contribution in [1.82, 2.24) is 14.6 Å². The van der Waals surface area contributed by atoms with Crippen LogP contribution in [0.4, 0.5) is 5.82 Å². The number of hydrogen-bond donors (Lipinski definition) is 2. The van der Waals surface area contributed by atoms with Gasteiger partial charge in [0.15, 0.2) is 11.4 Å². The molecule has 0 radical (unpaired) electrons. The summed E-state index contributed by atoms with van der Waals surface area (Å²) in [4.78, 5) is 31.3. The molecule has 3 aromatic rings. The third-order valence-corrected chi connectivity index (χ3v) is 6.06. The molecule has 0 spiro atoms. The smallest absolute Gasteiger partial charge is 0.220 e. The highest BCUT2D eigenvalue weighted by atomic mass is 16.3. The molecule has 32 heavy (non-hydrogen) atoms. The molecule has 3 heterocycles. The van der Waals surface area contributed by atoms with Gasteiger partial charge in [0.2, 0.25) is 5.91 Å². The topological polar surface area (TPSA) is 114 Å². The number of anilines is 1. The number of ketones is 1. The molecule has 4 rings (SSSR count). The fourth-order valence-electron chi connectivity index (χ4n) is 4.16. The molecule has 3 N–H and O–H groups in total. The van der Waals surface area contributed by atoms with Gasteiger partial charge < -0.3 is 15.7 Å². The standard InChI is InChI=1S/C24H29N5O3/c1-15-12-21-26-19(13-20(30)16-4-6-18(7-5-16)24(2,3)32)14-22(29(21)27-15)28-10-8-17(9-11-28)23(25)31/h4-7,12,14,17,32H,8-11,13H2,1-3H3,(H2,25,31). The number of rotatable bonds is 6. The zero-order valence-electron chi connectivity index (χ0n) is 18.7. The van der Waals surface area contributed by atoms with E-state index in [4.69, 9.17) is 5.73 Å². The Hall–Kier alpha value is -3.26. The van der Waals surface area contributed by atoms with Crippen molar-refractivity contribution in [3.63, 3.8) is 0 Å². The first-order valence-corrected chi connectivity index (χ1v) is 10.9. The molecule has 1 fully saturated rings. The summed E-state index contributed by atoms with van der Waals surface area (Å²) in [5, 5.41) is 14.7. The number of aromatic nitrogens is 3. The number of carbonyl (C=O) groups excluding carboxylic acids is 2. The molecule has 1 aliphatic rings. The van der Waals surface area contributed by atoms with E-state index >= 15 is 0 Å². The van der Waals surface area contributed by atoms with Crippen LogP contribution in [0.3, 0.4) is 0 Å². The van der Waals surface area contributed by atoms with E-state index in [0.717, 1.165) is 17.1 Å². The molecule has 0 bridgehead atoms. The highest BCUT2D eigenvalue weighted by molar-refractivity contribution is 5.97. The van der Waals surface area contributed by atoms with E-state index in [-0.39, 0.29) is 24.0 Å². The Morgan fingerprint density at radius 2 is 1.81 bits per heavy atom. The Morgan fingerprint density at radius 1 is 1.16 bits per heavy atom. The van der Waals surface area contributed by atoms with Crippen molar-refractivity contribution in [2.24, 2.45) is 11.7 Å². The maximum atomic E-state index is 12.9. The summed E-state index contributed by atoms with van der Waals surface area (Å²) in [6.45, 7) is 6.72. The SMILES string of the molecule is Cc1cc2nc(CC(=O)c3ccc(C(C)(C)O)cc3)cc(N3CCC(C(N)=O)CC3)n2n1. The van der Waals surface area contributed by atoms with E-state index in [1.54, 1.807) is 42.6 Å². The lowest BCUT2D eigenvalue weighted by atomic mass is 9.95. The summed E-state index contributed by atoms with van der Waals surface area (Å²) in [6.07, 6.45) is 1.55. The van der Waals surface area contributed by atoms with E-state index in [2.05, 4.69) is 15.0 Å². The molecule has 168 valence electrons. The van der Waals surface area contributed by atoms with E-state index in [9.17, 15) is 14.7 Å². The lowest BCUT2D eigenvalue weighted by Gasteiger charge is -2.32. The van der Waals surface area contributed by atoms with Crippen LogP contribution in [-0.4, -0.2) is 44.5 Å². The molecule has 8 nitrogen and oxygen atoms in total. The van der Waals surface area contributed by atoms with Crippen LogP contribution in [0.5, 0.6) is 0 Å². The molecule has 1 aromatic carbocycles. The van der Waals surface area contributed by atoms with Gasteiger partial charge >= 0.3 is 0 Å². The Balaban J connectivity index is 1.59. The number of piperidine rings is 1. The number of Topliss-reactive ketones (excluding diaryl/α,β-unsaturated/α-hetero) is 1. The fraction of sp³-hybridized carbons (Fsp3) is 0.417. The van der Waals surface area contributed by atoms with Crippen molar-refractivity contribution in [2.45, 2.75) is 45.6 Å². The fourth-order valence-corrected chi connectivity index (χ4v) is 4.16. The van der Waals surface area contributed by atoms with Gasteiger partial charge in [-0.05, 0) is 39.2 Å². The van der Waals surface area contributed by atoms with Gasteiger partial charge in [-0.3, -0.25) is 9.59 Å². The van der Waals surface area contributed by atoms with Gasteiger partial charge in [0.25, 0.3) is 0 Å². The monoisotopic (exact) mass is 435 g/mol. The largest absolute Gasteiger partial charge is 0.386 e. The predicted octanol–water partition coefficient (Wildman–Crippen LogP) is 2.39. The first-order chi connectivity index (χ1) is 15.1. The van der Waals surface area contributed by atoms with E-state index in [0.29, 0.717) is 42.8 Å². The van der Waals surface area contributed by atoms with Gasteiger partial charge in [0.1, 0.15) is 5.82 Å². The highest BCUT2D eigenvalue weighted by Gasteiger charge is 2.25. The molecule has 0 unspecified atom stereocenters. The van der Waals surface area contributed by atoms with Gasteiger partial charge in [-0.1, -0.05) is 24.3 Å². The normalized spacial score (nSPS) is 15.3. The highest BCUT2D eigenvalue weighted by Crippen LogP contribution is 2.26. The van der Waals surface area contributed by atoms with Crippen LogP contribution >= 0.6 is 0 Å². The number of amides is 1. The van der Waals surface area contributed by atoms with Gasteiger partial charge in [-0.2, -0.15) is 9.61 Å². The van der Waals surface area contributed by atoms with Crippen LogP contribution < -0.4 is 10.6 Å². The van der Waals surface area contributed by atoms with Crippen LogP contribution in [-0.2, 0) is 16.8 Å². The van der Waals surface area contributed by atoms with E-state index in [1.807, 2.05) is 19.1 Å². The van der Waals surface area contributed by atoms with E-state index < -0.39 is 5.60 Å². The lowest BCUT2D eigenvalue weighted by Crippen LogP contribution is -2.39. The van der Waals surface area contributed by atoms with Crippen LogP contribution in [0.1, 0.15) is 54.0 Å². The first kappa shape index (κ1) is 22.0. The number of nitrogens with two attached hydrogens (primary N) is 1. The number of hydrogen-bond acceptors (Lipinski definition) is 6. The van der Waals surface area contributed by atoms with Gasteiger partial charge in [-0.15, -0.1) is 0 Å². The maximum Gasteiger partial charge on any atom is 0.220 e. The number of carbonyl (C=O) groups is 2. The summed E-state index contributed by atoms with van der Waals surface area (Å²) in [5.41, 5.74) is 8.06. The summed E-state index contributed by atoms with van der Waals surface area (Å²) in [5.74, 6) is 0.474. The second kappa shape index (κ2) is 8.35. The minimum Gasteiger partial charge on any atom is -0.386 e. The molecule has 2 aromatic heterocycles. The van der Waals surface area contributed by atoms with Crippen molar-refractivity contribution in [3.05, 3.63) is 58.9 Å². The first-order valence-electron chi connectivity index (χ1n) is 10.9. The predicted molar refractivity (Wildman–Crippen MR) is 122 cm³/mol. The van der Waals surface area contributed by atoms with Gasteiger partial charge in [-0.25, -0.2) is 4.98 Å². The Morgan fingerprint density at radius 3 is 2.41 bits per heavy atom. The van der Waals surface area contributed by atoms with Gasteiger partial charge in [0.05, 0.1) is 23.4 Å². The average molecular weight is 436 g/mol. The zero-order valence-corrected chi connectivity index (χ0v) is 18.7. The van der Waals surface area contributed by atoms with Crippen molar-refractivity contribution < 1.29 is 14.7 Å². The van der Waals surface area contributed by atoms with Crippen LogP contribution in [0, 0.1) is 12.8 Å². The average Bonchev–Trinajstić information content (AvgIpc) is 3.12. The quantitative estimate of drug-likeness (QED) is 0.575. The number of aryl methyl sites for hydroxylation is 1. The number of nitrogens with zero attached hydrogens (tertiary/aromatic N) is 4. The molecule has 8 heteroatoms. The molecule has 1 aliphatic heterocycles. The summed E-state index contributed by atoms with van der Waals surface area (Å²) in [7, 11) is 0. The molecular weight excluding hydrogens is 406 g/mol. The van der Waals surface area contributed by atoms with Crippen LogP contribution in [0.2, 0.25) is 0 Å². The Bertz CT molecular complexity index is 1150. The minimum absolute atomic E-state index is 0.0428. The second-order valence-electron chi connectivity index (χ2n) is 9.06. The number of fused-ring (bicyclic) bond motifs is 1. The third kappa shape index (κ3) is 4.50. The lowest BCUT2D eigenvalue weighted by molar-refractivity contribution is -0.122. The zero-order chi connectivity index (χ0) is 23.0. The molecule has 1 amide bonds. The van der Waals surface area contributed by atoms with Crippen molar-refractivity contribution in [2.75, 3.05) is 18.0 Å². The van der Waals surface area contributed by atoms with Crippen LogP contribution in [0.25, 0.3) is 5.65 Å². The molecule has 0 atom stereocenters. The Labute approximate surface area is 187 Å². The van der Waals surface area contributed by atoms with Crippen molar-refractivity contribution in [1.29, 1.82) is 0 Å². The summed E-state index contributed by atoms with van der Waals surface area (Å²) in [6, 6.07) is 10.8. The van der Waals surface area contributed by atoms with Gasteiger partial charge in [0, 0.05) is 36.7 Å². The number of primary amides is 1. The summed E-state index contributed by atoms with van der Waals surface area (Å²) < 4.78 is 1.80. The van der Waals surface area contributed by atoms with Crippen molar-refractivity contribution in [3.8, 4) is 0 Å². The van der Waals surface area contributed by atoms with Crippen molar-refractivity contribution >= 4 is 23.2 Å². The molecule has 1 saturated heterocycles. The molecule has 0 aliphatic carbocycles.